The zero-order chi connectivity index (χ0) is 14.1. The third-order valence-electron chi connectivity index (χ3n) is 3.90. The monoisotopic (exact) mass is 261 g/mol. The fourth-order valence-corrected chi connectivity index (χ4v) is 2.44. The number of nitrogens with two attached hydrogens (primary N) is 1. The molecule has 0 aliphatic carbocycles. The second-order valence-corrected chi connectivity index (χ2v) is 5.98. The molecule has 1 rings (SSSR count). The van der Waals surface area contributed by atoms with E-state index >= 15 is 0 Å². The largest absolute Gasteiger partial charge is 0.324 e. The van der Waals surface area contributed by atoms with E-state index in [4.69, 9.17) is 5.73 Å². The average molecular weight is 261 g/mol. The summed E-state index contributed by atoms with van der Waals surface area (Å²) in [4.78, 5) is 0. The Kier molecular flexibility index (Phi) is 7.81. The van der Waals surface area contributed by atoms with Crippen LogP contribution in [0.1, 0.15) is 88.8 Å². The first-order valence-corrected chi connectivity index (χ1v) is 8.00. The minimum atomic E-state index is 0.215. The summed E-state index contributed by atoms with van der Waals surface area (Å²) in [7, 11) is 0. The van der Waals surface area contributed by atoms with Crippen LogP contribution in [-0.2, 0) is 0 Å². The average Bonchev–Trinajstić information content (AvgIpc) is 2.42. The van der Waals surface area contributed by atoms with Gasteiger partial charge in [0.05, 0.1) is 0 Å². The van der Waals surface area contributed by atoms with Gasteiger partial charge in [-0.3, -0.25) is 0 Å². The second-order valence-electron chi connectivity index (χ2n) is 5.98. The highest BCUT2D eigenvalue weighted by Crippen LogP contribution is 2.21. The van der Waals surface area contributed by atoms with Crippen LogP contribution >= 0.6 is 0 Å². The predicted molar refractivity (Wildman–Crippen MR) is 85.5 cm³/mol. The lowest BCUT2D eigenvalue weighted by Crippen LogP contribution is -2.10. The van der Waals surface area contributed by atoms with Crippen molar-refractivity contribution in [3.05, 3.63) is 35.4 Å². The highest BCUT2D eigenvalue weighted by molar-refractivity contribution is 5.26. The molecule has 0 aliphatic rings. The van der Waals surface area contributed by atoms with E-state index in [1.54, 1.807) is 0 Å². The molecule has 1 atom stereocenters. The smallest absolute Gasteiger partial charge is 0.0294 e. The van der Waals surface area contributed by atoms with Crippen molar-refractivity contribution in [1.29, 1.82) is 0 Å². The molecule has 1 heteroatoms. The molecule has 19 heavy (non-hydrogen) atoms. The van der Waals surface area contributed by atoms with Crippen molar-refractivity contribution < 1.29 is 0 Å². The van der Waals surface area contributed by atoms with Gasteiger partial charge in [0, 0.05) is 6.04 Å². The molecule has 0 aliphatic heterocycles. The molecule has 1 unspecified atom stereocenters. The van der Waals surface area contributed by atoms with Gasteiger partial charge in [-0.2, -0.15) is 0 Å². The predicted octanol–water partition coefficient (Wildman–Crippen LogP) is 5.56. The van der Waals surface area contributed by atoms with E-state index < -0.39 is 0 Å². The van der Waals surface area contributed by atoms with E-state index in [1.165, 1.54) is 49.7 Å². The minimum absolute atomic E-state index is 0.215. The topological polar surface area (TPSA) is 26.0 Å². The summed E-state index contributed by atoms with van der Waals surface area (Å²) in [6, 6.07) is 9.07. The summed E-state index contributed by atoms with van der Waals surface area (Å²) in [5.74, 6) is 0.601. The molecule has 1 aromatic carbocycles. The van der Waals surface area contributed by atoms with Crippen LogP contribution in [0.2, 0.25) is 0 Å². The van der Waals surface area contributed by atoms with Gasteiger partial charge >= 0.3 is 0 Å². The van der Waals surface area contributed by atoms with Gasteiger partial charge in [0.25, 0.3) is 0 Å². The Bertz CT molecular complexity index is 326. The zero-order valence-electron chi connectivity index (χ0n) is 13.0. The van der Waals surface area contributed by atoms with Gasteiger partial charge in [0.2, 0.25) is 0 Å². The molecule has 0 radical (unpaired) electrons. The summed E-state index contributed by atoms with van der Waals surface area (Å²) < 4.78 is 0. The van der Waals surface area contributed by atoms with E-state index in [9.17, 15) is 0 Å². The standard InChI is InChI=1S/C18H31N/c1-4-5-6-7-8-9-10-18(19)17-13-11-16(12-14-17)15(2)3/h11-15,18H,4-10,19H2,1-3H3. The van der Waals surface area contributed by atoms with Gasteiger partial charge in [0.15, 0.2) is 0 Å². The summed E-state index contributed by atoms with van der Waals surface area (Å²) in [5.41, 5.74) is 8.95. The van der Waals surface area contributed by atoms with Gasteiger partial charge in [0.1, 0.15) is 0 Å². The highest BCUT2D eigenvalue weighted by atomic mass is 14.6. The molecule has 0 saturated heterocycles. The van der Waals surface area contributed by atoms with Crippen LogP contribution in [-0.4, -0.2) is 0 Å². The molecule has 0 saturated carbocycles. The summed E-state index contributed by atoms with van der Waals surface area (Å²) >= 11 is 0. The molecular weight excluding hydrogens is 230 g/mol. The van der Waals surface area contributed by atoms with E-state index in [0.717, 1.165) is 6.42 Å². The normalized spacial score (nSPS) is 12.9. The maximum absolute atomic E-state index is 6.26. The van der Waals surface area contributed by atoms with Gasteiger partial charge < -0.3 is 5.73 Å². The molecule has 1 aromatic rings. The Balaban J connectivity index is 2.27. The minimum Gasteiger partial charge on any atom is -0.324 e. The molecule has 0 bridgehead atoms. The molecule has 1 nitrogen and oxygen atoms in total. The molecular formula is C18H31N. The van der Waals surface area contributed by atoms with Crippen LogP contribution in [0, 0.1) is 0 Å². The molecule has 0 fully saturated rings. The van der Waals surface area contributed by atoms with E-state index in [-0.39, 0.29) is 6.04 Å². The number of rotatable bonds is 9. The quantitative estimate of drug-likeness (QED) is 0.579. The first-order valence-electron chi connectivity index (χ1n) is 8.00. The molecule has 2 N–H and O–H groups in total. The van der Waals surface area contributed by atoms with E-state index in [0.29, 0.717) is 5.92 Å². The van der Waals surface area contributed by atoms with Gasteiger partial charge in [-0.05, 0) is 23.5 Å². The maximum Gasteiger partial charge on any atom is 0.0294 e. The van der Waals surface area contributed by atoms with Gasteiger partial charge in [-0.15, -0.1) is 0 Å². The van der Waals surface area contributed by atoms with Crippen LogP contribution in [0.15, 0.2) is 24.3 Å². The van der Waals surface area contributed by atoms with Gasteiger partial charge in [-0.1, -0.05) is 83.6 Å². The van der Waals surface area contributed by atoms with Crippen LogP contribution in [0.3, 0.4) is 0 Å². The lowest BCUT2D eigenvalue weighted by Gasteiger charge is -2.13. The maximum atomic E-state index is 6.26. The third-order valence-corrected chi connectivity index (χ3v) is 3.90. The van der Waals surface area contributed by atoms with Crippen LogP contribution < -0.4 is 5.73 Å². The number of benzene rings is 1. The van der Waals surface area contributed by atoms with Crippen molar-refractivity contribution in [1.82, 2.24) is 0 Å². The van der Waals surface area contributed by atoms with Crippen molar-refractivity contribution in [2.75, 3.05) is 0 Å². The number of unbranched alkanes of at least 4 members (excludes halogenated alkanes) is 5. The van der Waals surface area contributed by atoms with E-state index in [1.807, 2.05) is 0 Å². The fourth-order valence-electron chi connectivity index (χ4n) is 2.44. The lowest BCUT2D eigenvalue weighted by atomic mass is 9.96. The Morgan fingerprint density at radius 3 is 1.95 bits per heavy atom. The Morgan fingerprint density at radius 2 is 1.37 bits per heavy atom. The van der Waals surface area contributed by atoms with Crippen molar-refractivity contribution >= 4 is 0 Å². The molecule has 0 amide bonds. The van der Waals surface area contributed by atoms with Crippen molar-refractivity contribution in [3.63, 3.8) is 0 Å². The van der Waals surface area contributed by atoms with Crippen LogP contribution in [0.25, 0.3) is 0 Å². The number of hydrogen-bond acceptors (Lipinski definition) is 1. The molecule has 0 aromatic heterocycles. The summed E-state index contributed by atoms with van der Waals surface area (Å²) in [6.45, 7) is 6.72. The van der Waals surface area contributed by atoms with Crippen LogP contribution in [0.5, 0.6) is 0 Å². The van der Waals surface area contributed by atoms with Crippen molar-refractivity contribution in [2.45, 2.75) is 77.7 Å². The highest BCUT2D eigenvalue weighted by Gasteiger charge is 2.06. The molecule has 0 heterocycles. The van der Waals surface area contributed by atoms with Gasteiger partial charge in [-0.25, -0.2) is 0 Å². The fraction of sp³-hybridized carbons (Fsp3) is 0.667. The first kappa shape index (κ1) is 16.2. The zero-order valence-corrected chi connectivity index (χ0v) is 13.0. The first-order chi connectivity index (χ1) is 9.15. The Labute approximate surface area is 119 Å². The van der Waals surface area contributed by atoms with Crippen LogP contribution in [0.4, 0.5) is 0 Å². The SMILES string of the molecule is CCCCCCCCC(N)c1ccc(C(C)C)cc1. The third kappa shape index (κ3) is 6.24. The van der Waals surface area contributed by atoms with Crippen molar-refractivity contribution in [2.24, 2.45) is 5.73 Å². The second kappa shape index (κ2) is 9.14. The Morgan fingerprint density at radius 1 is 0.842 bits per heavy atom. The van der Waals surface area contributed by atoms with E-state index in [2.05, 4.69) is 45.0 Å². The Hall–Kier alpha value is -0.820. The summed E-state index contributed by atoms with van der Waals surface area (Å²) in [6.07, 6.45) is 9.16. The van der Waals surface area contributed by atoms with Crippen molar-refractivity contribution in [3.8, 4) is 0 Å². The molecule has 108 valence electrons. The number of hydrogen-bond donors (Lipinski definition) is 1. The summed E-state index contributed by atoms with van der Waals surface area (Å²) in [5, 5.41) is 0. The molecule has 0 spiro atoms. The lowest BCUT2D eigenvalue weighted by molar-refractivity contribution is 0.547.